The Bertz CT molecular complexity index is 368. The van der Waals surface area contributed by atoms with Crippen LogP contribution in [0.25, 0.3) is 0 Å². The van der Waals surface area contributed by atoms with Gasteiger partial charge < -0.3 is 10.1 Å². The van der Waals surface area contributed by atoms with Crippen molar-refractivity contribution in [3.8, 4) is 5.75 Å². The van der Waals surface area contributed by atoms with Crippen LogP contribution in [0.3, 0.4) is 0 Å². The number of anilines is 1. The summed E-state index contributed by atoms with van der Waals surface area (Å²) in [6.07, 6.45) is 0. The maximum Gasteiger partial charge on any atom is 0.237 e. The fraction of sp³-hybridized carbons (Fsp3) is 0.300. The van der Waals surface area contributed by atoms with E-state index in [-0.39, 0.29) is 10.7 Å². The van der Waals surface area contributed by atoms with E-state index in [0.717, 1.165) is 0 Å². The van der Waals surface area contributed by atoms with Crippen molar-refractivity contribution in [3.05, 3.63) is 24.0 Å². The molecule has 0 saturated heterocycles. The van der Waals surface area contributed by atoms with Crippen LogP contribution >= 0.6 is 15.9 Å². The molecule has 1 rings (SSSR count). The highest BCUT2D eigenvalue weighted by Crippen LogP contribution is 2.25. The molecule has 1 N–H and O–H groups in total. The van der Waals surface area contributed by atoms with Gasteiger partial charge in [-0.3, -0.25) is 4.79 Å². The second-order valence-electron chi connectivity index (χ2n) is 2.95. The van der Waals surface area contributed by atoms with Crippen molar-refractivity contribution in [2.45, 2.75) is 11.8 Å². The quantitative estimate of drug-likeness (QED) is 0.862. The summed E-state index contributed by atoms with van der Waals surface area (Å²) < 4.78 is 17.8. The lowest BCUT2D eigenvalue weighted by molar-refractivity contribution is -0.115. The Balaban J connectivity index is 2.89. The molecule has 0 aliphatic heterocycles. The van der Waals surface area contributed by atoms with Gasteiger partial charge in [-0.1, -0.05) is 15.9 Å². The monoisotopic (exact) mass is 275 g/mol. The molecular formula is C10H11BrFNO2. The molecule has 0 spiro atoms. The van der Waals surface area contributed by atoms with E-state index in [1.165, 1.54) is 25.3 Å². The van der Waals surface area contributed by atoms with Crippen molar-refractivity contribution >= 4 is 27.5 Å². The van der Waals surface area contributed by atoms with Gasteiger partial charge in [-0.15, -0.1) is 0 Å². The molecule has 5 heteroatoms. The van der Waals surface area contributed by atoms with E-state index < -0.39 is 5.82 Å². The molecule has 0 radical (unpaired) electrons. The minimum atomic E-state index is -0.406. The number of hydrogen-bond donors (Lipinski definition) is 1. The van der Waals surface area contributed by atoms with Crippen LogP contribution in [-0.2, 0) is 4.79 Å². The molecule has 1 atom stereocenters. The van der Waals surface area contributed by atoms with Gasteiger partial charge in [-0.2, -0.15) is 0 Å². The Morgan fingerprint density at radius 2 is 2.27 bits per heavy atom. The summed E-state index contributed by atoms with van der Waals surface area (Å²) >= 11 is 3.13. The molecule has 1 amide bonds. The summed E-state index contributed by atoms with van der Waals surface area (Å²) in [6, 6.07) is 3.94. The zero-order valence-electron chi connectivity index (χ0n) is 8.38. The van der Waals surface area contributed by atoms with Gasteiger partial charge in [0.2, 0.25) is 5.91 Å². The van der Waals surface area contributed by atoms with Crippen LogP contribution in [0.15, 0.2) is 18.2 Å². The SMILES string of the molecule is COc1cc(F)ccc1NC(=O)C(C)Br. The number of alkyl halides is 1. The summed E-state index contributed by atoms with van der Waals surface area (Å²) in [4.78, 5) is 11.0. The predicted molar refractivity (Wildman–Crippen MR) is 60.0 cm³/mol. The average Bonchev–Trinajstić information content (AvgIpc) is 2.20. The first-order valence-electron chi connectivity index (χ1n) is 4.33. The average molecular weight is 276 g/mol. The third-order valence-electron chi connectivity index (χ3n) is 1.78. The van der Waals surface area contributed by atoms with Crippen molar-refractivity contribution < 1.29 is 13.9 Å². The van der Waals surface area contributed by atoms with E-state index >= 15 is 0 Å². The van der Waals surface area contributed by atoms with Gasteiger partial charge >= 0.3 is 0 Å². The molecule has 1 aromatic carbocycles. The van der Waals surface area contributed by atoms with Crippen LogP contribution in [0, 0.1) is 5.82 Å². The molecule has 1 unspecified atom stereocenters. The number of hydrogen-bond acceptors (Lipinski definition) is 2. The number of carbonyl (C=O) groups excluding carboxylic acids is 1. The normalized spacial score (nSPS) is 12.0. The topological polar surface area (TPSA) is 38.3 Å². The molecule has 0 aliphatic carbocycles. The van der Waals surface area contributed by atoms with E-state index in [1.54, 1.807) is 6.92 Å². The molecule has 0 heterocycles. The van der Waals surface area contributed by atoms with E-state index in [9.17, 15) is 9.18 Å². The molecular weight excluding hydrogens is 265 g/mol. The Morgan fingerprint density at radius 1 is 1.60 bits per heavy atom. The Morgan fingerprint density at radius 3 is 2.80 bits per heavy atom. The largest absolute Gasteiger partial charge is 0.494 e. The van der Waals surface area contributed by atoms with Gasteiger partial charge in [-0.25, -0.2) is 4.39 Å². The number of nitrogens with one attached hydrogen (secondary N) is 1. The van der Waals surface area contributed by atoms with Crippen LogP contribution < -0.4 is 10.1 Å². The Kier molecular flexibility index (Phi) is 4.08. The Hall–Kier alpha value is -1.10. The number of amides is 1. The highest BCUT2D eigenvalue weighted by atomic mass is 79.9. The molecule has 0 bridgehead atoms. The number of ether oxygens (including phenoxy) is 1. The first-order valence-corrected chi connectivity index (χ1v) is 5.24. The summed E-state index contributed by atoms with van der Waals surface area (Å²) in [5.74, 6) is -0.312. The molecule has 1 aromatic rings. The first kappa shape index (κ1) is 12.0. The molecule has 0 saturated carbocycles. The molecule has 15 heavy (non-hydrogen) atoms. The summed E-state index contributed by atoms with van der Waals surface area (Å²) in [6.45, 7) is 1.70. The third kappa shape index (κ3) is 3.20. The smallest absolute Gasteiger partial charge is 0.237 e. The summed E-state index contributed by atoms with van der Waals surface area (Å²) in [5, 5.41) is 2.61. The summed E-state index contributed by atoms with van der Waals surface area (Å²) in [7, 11) is 1.42. The lowest BCUT2D eigenvalue weighted by atomic mass is 10.2. The van der Waals surface area contributed by atoms with Crippen LogP contribution in [0.4, 0.5) is 10.1 Å². The standard InChI is InChI=1S/C10H11BrFNO2/c1-6(11)10(14)13-8-4-3-7(12)5-9(8)15-2/h3-6H,1-2H3,(H,13,14). The molecule has 3 nitrogen and oxygen atoms in total. The minimum Gasteiger partial charge on any atom is -0.494 e. The van der Waals surface area contributed by atoms with E-state index in [1.807, 2.05) is 0 Å². The zero-order chi connectivity index (χ0) is 11.4. The highest BCUT2D eigenvalue weighted by Gasteiger charge is 2.12. The van der Waals surface area contributed by atoms with Crippen LogP contribution in [-0.4, -0.2) is 17.8 Å². The molecule has 82 valence electrons. The van der Waals surface area contributed by atoms with Crippen LogP contribution in [0.1, 0.15) is 6.92 Å². The fourth-order valence-electron chi connectivity index (χ4n) is 1.00. The molecule has 0 aliphatic rings. The summed E-state index contributed by atoms with van der Waals surface area (Å²) in [5.41, 5.74) is 0.454. The fourth-order valence-corrected chi connectivity index (χ4v) is 1.11. The first-order chi connectivity index (χ1) is 7.04. The predicted octanol–water partition coefficient (Wildman–Crippen LogP) is 2.56. The highest BCUT2D eigenvalue weighted by molar-refractivity contribution is 9.10. The second-order valence-corrected chi connectivity index (χ2v) is 4.32. The van der Waals surface area contributed by atoms with Crippen molar-refractivity contribution in [2.24, 2.45) is 0 Å². The van der Waals surface area contributed by atoms with E-state index in [0.29, 0.717) is 11.4 Å². The van der Waals surface area contributed by atoms with Gasteiger partial charge in [0.15, 0.2) is 0 Å². The minimum absolute atomic E-state index is 0.208. The van der Waals surface area contributed by atoms with Gasteiger partial charge in [0, 0.05) is 6.07 Å². The number of benzene rings is 1. The van der Waals surface area contributed by atoms with Gasteiger partial charge in [-0.05, 0) is 19.1 Å². The van der Waals surface area contributed by atoms with Gasteiger partial charge in [0.25, 0.3) is 0 Å². The number of rotatable bonds is 3. The van der Waals surface area contributed by atoms with Gasteiger partial charge in [0.05, 0.1) is 17.6 Å². The van der Waals surface area contributed by atoms with Crippen molar-refractivity contribution in [1.82, 2.24) is 0 Å². The number of halogens is 2. The lowest BCUT2D eigenvalue weighted by Gasteiger charge is -2.10. The van der Waals surface area contributed by atoms with Crippen molar-refractivity contribution in [2.75, 3.05) is 12.4 Å². The molecule has 0 fully saturated rings. The van der Waals surface area contributed by atoms with Gasteiger partial charge in [0.1, 0.15) is 11.6 Å². The van der Waals surface area contributed by atoms with Crippen LogP contribution in [0.2, 0.25) is 0 Å². The van der Waals surface area contributed by atoms with E-state index in [4.69, 9.17) is 4.74 Å². The van der Waals surface area contributed by atoms with Crippen molar-refractivity contribution in [3.63, 3.8) is 0 Å². The Labute approximate surface area is 95.7 Å². The van der Waals surface area contributed by atoms with Crippen molar-refractivity contribution in [1.29, 1.82) is 0 Å². The zero-order valence-corrected chi connectivity index (χ0v) is 9.97. The van der Waals surface area contributed by atoms with E-state index in [2.05, 4.69) is 21.2 Å². The molecule has 0 aromatic heterocycles. The third-order valence-corrected chi connectivity index (χ3v) is 2.20. The lowest BCUT2D eigenvalue weighted by Crippen LogP contribution is -2.20. The second kappa shape index (κ2) is 5.11. The maximum atomic E-state index is 12.8. The maximum absolute atomic E-state index is 12.8. The number of carbonyl (C=O) groups is 1. The number of methoxy groups -OCH3 is 1. The van der Waals surface area contributed by atoms with Crippen LogP contribution in [0.5, 0.6) is 5.75 Å².